The number of aliphatic hydroxyl groups is 1. The van der Waals surface area contributed by atoms with Crippen LogP contribution in [-0.4, -0.2) is 12.2 Å². The van der Waals surface area contributed by atoms with E-state index in [1.807, 2.05) is 18.2 Å². The van der Waals surface area contributed by atoms with Crippen molar-refractivity contribution in [1.29, 1.82) is 0 Å². The first-order valence-electron chi connectivity index (χ1n) is 6.23. The highest BCUT2D eigenvalue weighted by molar-refractivity contribution is 9.10. The zero-order valence-electron chi connectivity index (χ0n) is 11.4. The van der Waals surface area contributed by atoms with Gasteiger partial charge in [-0.15, -0.1) is 0 Å². The standard InChI is InChI=1S/C16H16BrFO2/c1-16(19,12-3-6-14(18)7-4-12)10-11-9-13(17)5-8-15(11)20-2/h3-9,19H,10H2,1-2H3. The first kappa shape index (κ1) is 15.0. The molecule has 0 heterocycles. The summed E-state index contributed by atoms with van der Waals surface area (Å²) in [6.07, 6.45) is 0.376. The van der Waals surface area contributed by atoms with E-state index < -0.39 is 5.60 Å². The quantitative estimate of drug-likeness (QED) is 0.911. The summed E-state index contributed by atoms with van der Waals surface area (Å²) in [4.78, 5) is 0. The van der Waals surface area contributed by atoms with Crippen molar-refractivity contribution in [3.63, 3.8) is 0 Å². The molecule has 4 heteroatoms. The van der Waals surface area contributed by atoms with Crippen molar-refractivity contribution in [3.05, 3.63) is 63.9 Å². The monoisotopic (exact) mass is 338 g/mol. The average Bonchev–Trinajstić information content (AvgIpc) is 2.39. The number of halogens is 2. The summed E-state index contributed by atoms with van der Waals surface area (Å²) in [6, 6.07) is 11.5. The number of hydrogen-bond donors (Lipinski definition) is 1. The minimum atomic E-state index is -1.10. The SMILES string of the molecule is COc1ccc(Br)cc1CC(C)(O)c1ccc(F)cc1. The molecule has 0 aromatic heterocycles. The summed E-state index contributed by atoms with van der Waals surface area (Å²) in [5.41, 5.74) is 0.457. The highest BCUT2D eigenvalue weighted by atomic mass is 79.9. The van der Waals surface area contributed by atoms with Crippen LogP contribution in [0.1, 0.15) is 18.1 Å². The van der Waals surface area contributed by atoms with E-state index in [1.54, 1.807) is 26.2 Å². The summed E-state index contributed by atoms with van der Waals surface area (Å²) >= 11 is 3.41. The van der Waals surface area contributed by atoms with Gasteiger partial charge < -0.3 is 9.84 Å². The van der Waals surface area contributed by atoms with E-state index in [-0.39, 0.29) is 5.82 Å². The lowest BCUT2D eigenvalue weighted by molar-refractivity contribution is 0.0569. The van der Waals surface area contributed by atoms with Crippen molar-refractivity contribution in [2.75, 3.05) is 7.11 Å². The smallest absolute Gasteiger partial charge is 0.123 e. The summed E-state index contributed by atoms with van der Waals surface area (Å²) in [5, 5.41) is 10.6. The zero-order valence-corrected chi connectivity index (χ0v) is 12.9. The van der Waals surface area contributed by atoms with Gasteiger partial charge in [0.15, 0.2) is 0 Å². The predicted octanol–water partition coefficient (Wildman–Crippen LogP) is 4.05. The maximum Gasteiger partial charge on any atom is 0.123 e. The van der Waals surface area contributed by atoms with Crippen LogP contribution in [0.5, 0.6) is 5.75 Å². The first-order valence-corrected chi connectivity index (χ1v) is 7.02. The molecule has 0 fully saturated rings. The van der Waals surface area contributed by atoms with Crippen LogP contribution in [0.2, 0.25) is 0 Å². The van der Waals surface area contributed by atoms with E-state index in [2.05, 4.69) is 15.9 Å². The van der Waals surface area contributed by atoms with E-state index in [0.717, 1.165) is 15.8 Å². The van der Waals surface area contributed by atoms with Crippen LogP contribution in [-0.2, 0) is 12.0 Å². The highest BCUT2D eigenvalue weighted by Crippen LogP contribution is 2.31. The van der Waals surface area contributed by atoms with E-state index in [4.69, 9.17) is 4.74 Å². The number of hydrogen-bond acceptors (Lipinski definition) is 2. The molecule has 0 aliphatic rings. The number of rotatable bonds is 4. The first-order chi connectivity index (χ1) is 9.42. The van der Waals surface area contributed by atoms with Crippen molar-refractivity contribution in [2.24, 2.45) is 0 Å². The average molecular weight is 339 g/mol. The highest BCUT2D eigenvalue weighted by Gasteiger charge is 2.25. The van der Waals surface area contributed by atoms with Crippen LogP contribution in [0, 0.1) is 5.82 Å². The zero-order chi connectivity index (χ0) is 14.8. The summed E-state index contributed by atoms with van der Waals surface area (Å²) in [5.74, 6) is 0.403. The van der Waals surface area contributed by atoms with E-state index in [9.17, 15) is 9.50 Å². The molecule has 2 aromatic rings. The molecular formula is C16H16BrFO2. The molecular weight excluding hydrogens is 323 g/mol. The molecule has 0 radical (unpaired) electrons. The summed E-state index contributed by atoms with van der Waals surface area (Å²) in [6.45, 7) is 1.71. The summed E-state index contributed by atoms with van der Waals surface area (Å²) < 4.78 is 19.2. The molecule has 2 nitrogen and oxygen atoms in total. The fourth-order valence-electron chi connectivity index (χ4n) is 2.17. The minimum Gasteiger partial charge on any atom is -0.496 e. The Bertz CT molecular complexity index is 594. The van der Waals surface area contributed by atoms with Gasteiger partial charge in [-0.25, -0.2) is 4.39 Å². The fourth-order valence-corrected chi connectivity index (χ4v) is 2.58. The Morgan fingerprint density at radius 3 is 2.45 bits per heavy atom. The van der Waals surface area contributed by atoms with Gasteiger partial charge in [0, 0.05) is 10.9 Å². The Morgan fingerprint density at radius 2 is 1.85 bits per heavy atom. The Balaban J connectivity index is 2.32. The van der Waals surface area contributed by atoms with Gasteiger partial charge in [0.25, 0.3) is 0 Å². The van der Waals surface area contributed by atoms with E-state index in [1.165, 1.54) is 12.1 Å². The van der Waals surface area contributed by atoms with Crippen molar-refractivity contribution in [2.45, 2.75) is 18.9 Å². The van der Waals surface area contributed by atoms with Crippen molar-refractivity contribution >= 4 is 15.9 Å². The van der Waals surface area contributed by atoms with Crippen LogP contribution in [0.25, 0.3) is 0 Å². The van der Waals surface area contributed by atoms with Crippen LogP contribution < -0.4 is 4.74 Å². The molecule has 20 heavy (non-hydrogen) atoms. The van der Waals surface area contributed by atoms with Crippen LogP contribution in [0.4, 0.5) is 4.39 Å². The Labute approximate surface area is 126 Å². The van der Waals surface area contributed by atoms with Gasteiger partial charge in [0.1, 0.15) is 11.6 Å². The molecule has 106 valence electrons. The van der Waals surface area contributed by atoms with Gasteiger partial charge in [0.2, 0.25) is 0 Å². The van der Waals surface area contributed by atoms with E-state index in [0.29, 0.717) is 12.0 Å². The molecule has 1 N–H and O–H groups in total. The van der Waals surface area contributed by atoms with Crippen LogP contribution in [0.15, 0.2) is 46.9 Å². The number of methoxy groups -OCH3 is 1. The van der Waals surface area contributed by atoms with E-state index >= 15 is 0 Å². The van der Waals surface area contributed by atoms with Gasteiger partial charge in [-0.3, -0.25) is 0 Å². The van der Waals surface area contributed by atoms with Crippen LogP contribution in [0.3, 0.4) is 0 Å². The third kappa shape index (κ3) is 3.38. The minimum absolute atomic E-state index is 0.315. The lowest BCUT2D eigenvalue weighted by atomic mass is 9.89. The predicted molar refractivity (Wildman–Crippen MR) is 80.4 cm³/mol. The second-order valence-electron chi connectivity index (χ2n) is 4.91. The van der Waals surface area contributed by atoms with Crippen molar-refractivity contribution < 1.29 is 14.2 Å². The second-order valence-corrected chi connectivity index (χ2v) is 5.83. The molecule has 0 aliphatic heterocycles. The molecule has 2 aromatic carbocycles. The van der Waals surface area contributed by atoms with Crippen molar-refractivity contribution in [3.8, 4) is 5.75 Å². The van der Waals surface area contributed by atoms with Gasteiger partial charge in [-0.05, 0) is 48.4 Å². The maximum atomic E-state index is 13.0. The Kier molecular flexibility index (Phi) is 4.45. The van der Waals surface area contributed by atoms with Gasteiger partial charge >= 0.3 is 0 Å². The molecule has 0 saturated heterocycles. The number of benzene rings is 2. The van der Waals surface area contributed by atoms with Gasteiger partial charge in [-0.1, -0.05) is 28.1 Å². The molecule has 0 bridgehead atoms. The normalized spacial score (nSPS) is 13.8. The number of ether oxygens (including phenoxy) is 1. The molecule has 1 atom stereocenters. The lowest BCUT2D eigenvalue weighted by Gasteiger charge is -2.25. The molecule has 0 spiro atoms. The maximum absolute atomic E-state index is 13.0. The topological polar surface area (TPSA) is 29.5 Å². The molecule has 2 rings (SSSR count). The molecule has 0 saturated carbocycles. The summed E-state index contributed by atoms with van der Waals surface area (Å²) in [7, 11) is 1.60. The van der Waals surface area contributed by atoms with Gasteiger partial charge in [0.05, 0.1) is 12.7 Å². The third-order valence-corrected chi connectivity index (χ3v) is 3.74. The molecule has 0 aliphatic carbocycles. The largest absolute Gasteiger partial charge is 0.496 e. The molecule has 1 unspecified atom stereocenters. The third-order valence-electron chi connectivity index (χ3n) is 3.24. The Hall–Kier alpha value is -1.39. The second kappa shape index (κ2) is 5.94. The van der Waals surface area contributed by atoms with Crippen LogP contribution >= 0.6 is 15.9 Å². The van der Waals surface area contributed by atoms with Gasteiger partial charge in [-0.2, -0.15) is 0 Å². The molecule has 0 amide bonds. The fraction of sp³-hybridized carbons (Fsp3) is 0.250. The Morgan fingerprint density at radius 1 is 1.20 bits per heavy atom. The van der Waals surface area contributed by atoms with Crippen molar-refractivity contribution in [1.82, 2.24) is 0 Å². The lowest BCUT2D eigenvalue weighted by Crippen LogP contribution is -2.24.